The molecule has 1 amide bonds. The molecule has 2 N–H and O–H groups in total. The molecule has 0 spiro atoms. The lowest BCUT2D eigenvalue weighted by molar-refractivity contribution is -0.142. The molecule has 1 saturated heterocycles. The third kappa shape index (κ3) is 2.47. The monoisotopic (exact) mass is 210 g/mol. The average Bonchev–Trinajstić information content (AvgIpc) is 2.63. The van der Waals surface area contributed by atoms with Crippen LogP contribution in [0.1, 0.15) is 0 Å². The van der Waals surface area contributed by atoms with Crippen LogP contribution in [0.25, 0.3) is 0 Å². The van der Waals surface area contributed by atoms with Crippen LogP contribution in [0.5, 0.6) is 0 Å². The molecule has 6 heteroatoms. The summed E-state index contributed by atoms with van der Waals surface area (Å²) >= 11 is 0. The molecule has 1 aliphatic rings. The number of ether oxygens (including phenoxy) is 1. The summed E-state index contributed by atoms with van der Waals surface area (Å²) in [5, 5.41) is 4.05. The molecule has 82 valence electrons. The van der Waals surface area contributed by atoms with Gasteiger partial charge in [0, 0.05) is 19.3 Å². The molecule has 0 atom stereocenters. The molecule has 1 aliphatic heterocycles. The predicted octanol–water partition coefficient (Wildman–Crippen LogP) is -0.676. The predicted molar refractivity (Wildman–Crippen MR) is 54.0 cm³/mol. The van der Waals surface area contributed by atoms with Crippen molar-refractivity contribution in [3.63, 3.8) is 0 Å². The van der Waals surface area contributed by atoms with Gasteiger partial charge in [-0.1, -0.05) is 0 Å². The van der Waals surface area contributed by atoms with E-state index in [1.807, 2.05) is 0 Å². The molecule has 0 bridgehead atoms. The van der Waals surface area contributed by atoms with Crippen molar-refractivity contribution in [1.29, 1.82) is 0 Å². The van der Waals surface area contributed by atoms with Gasteiger partial charge in [-0.25, -0.2) is 0 Å². The van der Waals surface area contributed by atoms with Gasteiger partial charge >= 0.3 is 0 Å². The van der Waals surface area contributed by atoms with E-state index in [4.69, 9.17) is 10.5 Å². The van der Waals surface area contributed by atoms with Gasteiger partial charge in [0.1, 0.15) is 12.4 Å². The van der Waals surface area contributed by atoms with Crippen LogP contribution in [0.15, 0.2) is 12.3 Å². The molecule has 0 radical (unpaired) electrons. The summed E-state index contributed by atoms with van der Waals surface area (Å²) in [6, 6.07) is 1.74. The minimum Gasteiger partial charge on any atom is -0.382 e. The highest BCUT2D eigenvalue weighted by Crippen LogP contribution is 2.00. The van der Waals surface area contributed by atoms with Crippen LogP contribution in [0, 0.1) is 0 Å². The first-order valence-corrected chi connectivity index (χ1v) is 4.90. The Morgan fingerprint density at radius 1 is 1.53 bits per heavy atom. The molecule has 2 rings (SSSR count). The normalized spacial score (nSPS) is 17.1. The number of nitrogens with zero attached hydrogens (tertiary/aromatic N) is 3. The number of hydrogen-bond donors (Lipinski definition) is 1. The van der Waals surface area contributed by atoms with Gasteiger partial charge < -0.3 is 15.4 Å². The first-order valence-electron chi connectivity index (χ1n) is 4.90. The van der Waals surface area contributed by atoms with Crippen LogP contribution < -0.4 is 5.73 Å². The number of anilines is 1. The van der Waals surface area contributed by atoms with Crippen LogP contribution in [-0.4, -0.2) is 46.9 Å². The Bertz CT molecular complexity index is 350. The quantitative estimate of drug-likeness (QED) is 0.717. The lowest BCUT2D eigenvalue weighted by atomic mass is 10.4. The van der Waals surface area contributed by atoms with E-state index in [1.165, 1.54) is 0 Å². The van der Waals surface area contributed by atoms with E-state index in [-0.39, 0.29) is 12.5 Å². The third-order valence-electron chi connectivity index (χ3n) is 2.34. The number of carbonyl (C=O) groups is 1. The van der Waals surface area contributed by atoms with Crippen molar-refractivity contribution < 1.29 is 9.53 Å². The lowest BCUT2D eigenvalue weighted by Crippen LogP contribution is -2.43. The van der Waals surface area contributed by atoms with Crippen molar-refractivity contribution in [3.05, 3.63) is 12.3 Å². The Morgan fingerprint density at radius 2 is 2.40 bits per heavy atom. The summed E-state index contributed by atoms with van der Waals surface area (Å²) in [5.41, 5.74) is 5.48. The Balaban J connectivity index is 1.84. The van der Waals surface area contributed by atoms with Gasteiger partial charge in [0.15, 0.2) is 0 Å². The topological polar surface area (TPSA) is 73.4 Å². The molecule has 1 fully saturated rings. The summed E-state index contributed by atoms with van der Waals surface area (Å²) in [6.07, 6.45) is 1.81. The first kappa shape index (κ1) is 9.97. The van der Waals surface area contributed by atoms with Crippen molar-refractivity contribution in [2.24, 2.45) is 0 Å². The van der Waals surface area contributed by atoms with Crippen molar-refractivity contribution in [1.82, 2.24) is 14.7 Å². The first-order chi connectivity index (χ1) is 7.25. The molecule has 0 aliphatic carbocycles. The standard InChI is InChI=1S/C9H14N4O2/c10-8-1-2-13(11-8)4-3-12-5-6-15-7-9(12)14/h1-2H,3-7H2,(H2,10,11). The van der Waals surface area contributed by atoms with E-state index in [0.29, 0.717) is 32.1 Å². The maximum absolute atomic E-state index is 11.4. The number of morpholine rings is 1. The van der Waals surface area contributed by atoms with Crippen molar-refractivity contribution in [3.8, 4) is 0 Å². The number of aromatic nitrogens is 2. The molecular weight excluding hydrogens is 196 g/mol. The van der Waals surface area contributed by atoms with Crippen LogP contribution in [0.2, 0.25) is 0 Å². The second-order valence-corrected chi connectivity index (χ2v) is 3.44. The third-order valence-corrected chi connectivity index (χ3v) is 2.34. The van der Waals surface area contributed by atoms with Gasteiger partial charge in [-0.05, 0) is 6.07 Å². The molecule has 15 heavy (non-hydrogen) atoms. The van der Waals surface area contributed by atoms with Gasteiger partial charge in [-0.15, -0.1) is 0 Å². The van der Waals surface area contributed by atoms with E-state index in [1.54, 1.807) is 21.8 Å². The summed E-state index contributed by atoms with van der Waals surface area (Å²) in [4.78, 5) is 13.1. The fraction of sp³-hybridized carbons (Fsp3) is 0.556. The lowest BCUT2D eigenvalue weighted by Gasteiger charge is -2.26. The Labute approximate surface area is 87.6 Å². The zero-order valence-electron chi connectivity index (χ0n) is 8.43. The molecular formula is C9H14N4O2. The largest absolute Gasteiger partial charge is 0.382 e. The molecule has 6 nitrogen and oxygen atoms in total. The SMILES string of the molecule is Nc1ccn(CCN2CCOCC2=O)n1. The molecule has 1 aromatic heterocycles. The smallest absolute Gasteiger partial charge is 0.248 e. The number of carbonyl (C=O) groups excluding carboxylic acids is 1. The zero-order valence-corrected chi connectivity index (χ0v) is 8.43. The minimum absolute atomic E-state index is 0.0429. The van der Waals surface area contributed by atoms with E-state index < -0.39 is 0 Å². The molecule has 0 saturated carbocycles. The van der Waals surface area contributed by atoms with E-state index >= 15 is 0 Å². The van der Waals surface area contributed by atoms with E-state index in [0.717, 1.165) is 0 Å². The average molecular weight is 210 g/mol. The van der Waals surface area contributed by atoms with Crippen LogP contribution in [-0.2, 0) is 16.1 Å². The van der Waals surface area contributed by atoms with E-state index in [9.17, 15) is 4.79 Å². The van der Waals surface area contributed by atoms with Gasteiger partial charge in [0.2, 0.25) is 5.91 Å². The van der Waals surface area contributed by atoms with E-state index in [2.05, 4.69) is 5.10 Å². The van der Waals surface area contributed by atoms with Crippen LogP contribution in [0.3, 0.4) is 0 Å². The van der Waals surface area contributed by atoms with Gasteiger partial charge in [0.05, 0.1) is 13.2 Å². The van der Waals surface area contributed by atoms with Crippen LogP contribution in [0.4, 0.5) is 5.82 Å². The Morgan fingerprint density at radius 3 is 3.07 bits per heavy atom. The van der Waals surface area contributed by atoms with Crippen molar-refractivity contribution in [2.45, 2.75) is 6.54 Å². The molecule has 1 aromatic rings. The Kier molecular flexibility index (Phi) is 2.86. The number of rotatable bonds is 3. The van der Waals surface area contributed by atoms with Crippen molar-refractivity contribution in [2.75, 3.05) is 32.0 Å². The molecule has 0 aromatic carbocycles. The number of nitrogens with two attached hydrogens (primary N) is 1. The number of amides is 1. The summed E-state index contributed by atoms with van der Waals surface area (Å²) in [6.45, 7) is 2.80. The van der Waals surface area contributed by atoms with Gasteiger partial charge in [0.25, 0.3) is 0 Å². The minimum atomic E-state index is 0.0429. The maximum Gasteiger partial charge on any atom is 0.248 e. The molecule has 0 unspecified atom stereocenters. The highest BCUT2D eigenvalue weighted by Gasteiger charge is 2.17. The van der Waals surface area contributed by atoms with Crippen LogP contribution >= 0.6 is 0 Å². The fourth-order valence-electron chi connectivity index (χ4n) is 1.51. The highest BCUT2D eigenvalue weighted by atomic mass is 16.5. The summed E-state index contributed by atoms with van der Waals surface area (Å²) in [7, 11) is 0. The maximum atomic E-state index is 11.4. The zero-order chi connectivity index (χ0) is 10.7. The summed E-state index contributed by atoms with van der Waals surface area (Å²) in [5.74, 6) is 0.546. The number of nitrogen functional groups attached to an aromatic ring is 1. The fourth-order valence-corrected chi connectivity index (χ4v) is 1.51. The van der Waals surface area contributed by atoms with Crippen molar-refractivity contribution >= 4 is 11.7 Å². The molecule has 2 heterocycles. The second kappa shape index (κ2) is 4.31. The summed E-state index contributed by atoms with van der Waals surface area (Å²) < 4.78 is 6.77. The van der Waals surface area contributed by atoms with Gasteiger partial charge in [-0.3, -0.25) is 9.48 Å². The van der Waals surface area contributed by atoms with Gasteiger partial charge in [-0.2, -0.15) is 5.10 Å². The number of hydrogen-bond acceptors (Lipinski definition) is 4. The second-order valence-electron chi connectivity index (χ2n) is 3.44. The Hall–Kier alpha value is -1.56. The highest BCUT2D eigenvalue weighted by molar-refractivity contribution is 5.77.